The Morgan fingerprint density at radius 2 is 1.81 bits per heavy atom. The molecule has 2 aromatic rings. The Kier molecular flexibility index (Phi) is 9.55. The number of aryl methyl sites for hydroxylation is 1. The minimum atomic E-state index is -0.584. The Balaban J connectivity index is 1.06. The van der Waals surface area contributed by atoms with Crippen molar-refractivity contribution in [2.24, 2.45) is 0 Å². The van der Waals surface area contributed by atoms with E-state index in [-0.39, 0.29) is 24.1 Å². The highest BCUT2D eigenvalue weighted by molar-refractivity contribution is 6.05. The fourth-order valence-electron chi connectivity index (χ4n) is 6.45. The Morgan fingerprint density at radius 1 is 1.02 bits per heavy atom. The molecular formula is C33H40N4O5. The van der Waals surface area contributed by atoms with E-state index in [0.29, 0.717) is 31.7 Å². The lowest BCUT2D eigenvalue weighted by molar-refractivity contribution is -0.136. The number of nitriles is 1. The van der Waals surface area contributed by atoms with Crippen LogP contribution in [0.15, 0.2) is 42.5 Å². The third-order valence-electron chi connectivity index (χ3n) is 8.99. The van der Waals surface area contributed by atoms with Crippen LogP contribution in [0.25, 0.3) is 0 Å². The maximum absolute atomic E-state index is 13.1. The summed E-state index contributed by atoms with van der Waals surface area (Å²) in [6, 6.07) is 15.8. The highest BCUT2D eigenvalue weighted by Gasteiger charge is 2.40. The maximum atomic E-state index is 13.1. The Labute approximate surface area is 247 Å². The number of rotatable bonds is 12. The van der Waals surface area contributed by atoms with Crippen LogP contribution in [0.1, 0.15) is 72.0 Å². The van der Waals surface area contributed by atoms with Crippen LogP contribution in [-0.4, -0.2) is 73.5 Å². The molecule has 0 aliphatic carbocycles. The number of carbonyl (C=O) groups excluding carboxylic acids is 3. The van der Waals surface area contributed by atoms with E-state index in [1.54, 1.807) is 12.0 Å². The number of piperidine rings is 2. The summed E-state index contributed by atoms with van der Waals surface area (Å²) in [6.45, 7) is 4.30. The van der Waals surface area contributed by atoms with Crippen molar-refractivity contribution in [3.8, 4) is 11.8 Å². The third-order valence-corrected chi connectivity index (χ3v) is 8.99. The van der Waals surface area contributed by atoms with Gasteiger partial charge in [0.2, 0.25) is 11.8 Å². The Morgan fingerprint density at radius 3 is 2.52 bits per heavy atom. The average Bonchev–Trinajstić information content (AvgIpc) is 3.34. The first-order chi connectivity index (χ1) is 20.4. The minimum absolute atomic E-state index is 0.119. The van der Waals surface area contributed by atoms with Gasteiger partial charge in [-0.15, -0.1) is 0 Å². The van der Waals surface area contributed by atoms with E-state index in [4.69, 9.17) is 9.47 Å². The molecule has 42 heavy (non-hydrogen) atoms. The quantitative estimate of drug-likeness (QED) is 0.305. The largest absolute Gasteiger partial charge is 0.491 e. The van der Waals surface area contributed by atoms with Crippen molar-refractivity contribution in [1.82, 2.24) is 15.1 Å². The number of hydrogen-bond acceptors (Lipinski definition) is 7. The summed E-state index contributed by atoms with van der Waals surface area (Å²) in [4.78, 5) is 41.1. The van der Waals surface area contributed by atoms with Gasteiger partial charge < -0.3 is 19.3 Å². The third kappa shape index (κ3) is 6.50. The van der Waals surface area contributed by atoms with Gasteiger partial charge in [0.05, 0.1) is 18.1 Å². The lowest BCUT2D eigenvalue weighted by atomic mass is 9.74. The number of amides is 3. The molecule has 3 amide bonds. The Bertz CT molecular complexity index is 1330. The molecule has 2 saturated heterocycles. The predicted molar refractivity (Wildman–Crippen MR) is 157 cm³/mol. The lowest BCUT2D eigenvalue weighted by Crippen LogP contribution is -2.52. The van der Waals surface area contributed by atoms with Gasteiger partial charge in [0.25, 0.3) is 5.91 Å². The molecule has 3 aliphatic rings. The zero-order valence-electron chi connectivity index (χ0n) is 24.4. The minimum Gasteiger partial charge on any atom is -0.491 e. The van der Waals surface area contributed by atoms with Crippen LogP contribution in [0, 0.1) is 11.3 Å². The molecule has 5 rings (SSSR count). The monoisotopic (exact) mass is 572 g/mol. The summed E-state index contributed by atoms with van der Waals surface area (Å²) in [7, 11) is 1.65. The van der Waals surface area contributed by atoms with Crippen molar-refractivity contribution >= 4 is 17.7 Å². The van der Waals surface area contributed by atoms with Gasteiger partial charge in [-0.1, -0.05) is 30.7 Å². The van der Waals surface area contributed by atoms with Crippen LogP contribution in [0.5, 0.6) is 5.75 Å². The fraction of sp³-hybridized carbons (Fsp3) is 0.515. The van der Waals surface area contributed by atoms with Gasteiger partial charge in [-0.3, -0.25) is 19.7 Å². The van der Waals surface area contributed by atoms with Crippen molar-refractivity contribution in [3.05, 3.63) is 64.7 Å². The molecule has 0 radical (unpaired) electrons. The molecule has 222 valence electrons. The van der Waals surface area contributed by atoms with E-state index in [1.165, 1.54) is 5.56 Å². The average molecular weight is 573 g/mol. The van der Waals surface area contributed by atoms with Gasteiger partial charge in [0, 0.05) is 25.6 Å². The summed E-state index contributed by atoms with van der Waals surface area (Å²) in [5.74, 6) is 0.0242. The molecule has 1 atom stereocenters. The SMILES string of the molecule is COCCOc1ccc(C2(C#N)CCN(CCCCCc3cccc4c3CN(C3CCC(=O)NC3=O)C4=O)CC2)cc1. The number of methoxy groups -OCH3 is 1. The normalized spacial score (nSPS) is 20.2. The molecule has 0 aromatic heterocycles. The number of benzene rings is 2. The standard InChI is InChI=1S/C33H40N4O5/c1-41-20-21-42-26-11-9-25(10-12-26)33(23-34)15-18-36(19-16-33)17-4-2-3-6-24-7-5-8-27-28(24)22-37(32(27)40)29-13-14-30(38)35-31(29)39/h5,7-12,29H,2-4,6,13-22H2,1H3,(H,35,38,39). The van der Waals surface area contributed by atoms with Gasteiger partial charge in [-0.05, 0) is 93.0 Å². The molecule has 1 N–H and O–H groups in total. The van der Waals surface area contributed by atoms with Crippen LogP contribution < -0.4 is 10.1 Å². The number of imide groups is 1. The van der Waals surface area contributed by atoms with Crippen molar-refractivity contribution in [2.45, 2.75) is 69.4 Å². The van der Waals surface area contributed by atoms with Crippen molar-refractivity contribution in [2.75, 3.05) is 40.0 Å². The van der Waals surface area contributed by atoms with E-state index >= 15 is 0 Å². The fourth-order valence-corrected chi connectivity index (χ4v) is 6.45. The summed E-state index contributed by atoms with van der Waals surface area (Å²) in [6.07, 6.45) is 6.36. The number of likely N-dealkylation sites (tertiary alicyclic amines) is 1. The van der Waals surface area contributed by atoms with E-state index < -0.39 is 11.5 Å². The summed E-state index contributed by atoms with van der Waals surface area (Å²) in [5, 5.41) is 12.5. The van der Waals surface area contributed by atoms with Crippen LogP contribution >= 0.6 is 0 Å². The molecule has 3 aliphatic heterocycles. The number of ether oxygens (including phenoxy) is 2. The molecule has 9 heteroatoms. The number of fused-ring (bicyclic) bond motifs is 1. The first-order valence-electron chi connectivity index (χ1n) is 15.1. The predicted octanol–water partition coefficient (Wildman–Crippen LogP) is 3.74. The molecule has 2 aromatic carbocycles. The molecular weight excluding hydrogens is 532 g/mol. The Hall–Kier alpha value is -3.74. The number of carbonyl (C=O) groups is 3. The molecule has 3 heterocycles. The number of unbranched alkanes of at least 4 members (excludes halogenated alkanes) is 2. The second-order valence-electron chi connectivity index (χ2n) is 11.6. The van der Waals surface area contributed by atoms with E-state index in [0.717, 1.165) is 75.0 Å². The summed E-state index contributed by atoms with van der Waals surface area (Å²) in [5.41, 5.74) is 3.48. The number of nitrogens with zero attached hydrogens (tertiary/aromatic N) is 3. The topological polar surface area (TPSA) is 112 Å². The zero-order valence-corrected chi connectivity index (χ0v) is 24.4. The number of nitrogens with one attached hydrogen (secondary N) is 1. The zero-order chi connectivity index (χ0) is 29.5. The van der Waals surface area contributed by atoms with Crippen molar-refractivity contribution in [1.29, 1.82) is 5.26 Å². The molecule has 0 spiro atoms. The molecule has 2 fully saturated rings. The maximum Gasteiger partial charge on any atom is 0.255 e. The molecule has 9 nitrogen and oxygen atoms in total. The van der Waals surface area contributed by atoms with E-state index in [1.807, 2.05) is 36.4 Å². The number of hydrogen-bond donors (Lipinski definition) is 1. The van der Waals surface area contributed by atoms with Gasteiger partial charge in [-0.25, -0.2) is 0 Å². The highest BCUT2D eigenvalue weighted by Crippen LogP contribution is 2.36. The van der Waals surface area contributed by atoms with Gasteiger partial charge >= 0.3 is 0 Å². The van der Waals surface area contributed by atoms with E-state index in [2.05, 4.69) is 22.4 Å². The molecule has 1 unspecified atom stereocenters. The van der Waals surface area contributed by atoms with Crippen molar-refractivity contribution < 1.29 is 23.9 Å². The summed E-state index contributed by atoms with van der Waals surface area (Å²) < 4.78 is 10.7. The highest BCUT2D eigenvalue weighted by atomic mass is 16.5. The van der Waals surface area contributed by atoms with Gasteiger partial charge in [-0.2, -0.15) is 5.26 Å². The van der Waals surface area contributed by atoms with Crippen LogP contribution in [0.2, 0.25) is 0 Å². The molecule has 0 saturated carbocycles. The second kappa shape index (κ2) is 13.5. The second-order valence-corrected chi connectivity index (χ2v) is 11.6. The summed E-state index contributed by atoms with van der Waals surface area (Å²) >= 11 is 0. The van der Waals surface area contributed by atoms with Crippen molar-refractivity contribution in [3.63, 3.8) is 0 Å². The van der Waals surface area contributed by atoms with Gasteiger partial charge in [0.1, 0.15) is 18.4 Å². The smallest absolute Gasteiger partial charge is 0.255 e. The van der Waals surface area contributed by atoms with Gasteiger partial charge in [0.15, 0.2) is 0 Å². The van der Waals surface area contributed by atoms with Crippen LogP contribution in [0.3, 0.4) is 0 Å². The first-order valence-corrected chi connectivity index (χ1v) is 15.1. The molecule has 0 bridgehead atoms. The first kappa shape index (κ1) is 29.7. The van der Waals surface area contributed by atoms with E-state index in [9.17, 15) is 19.6 Å². The van der Waals surface area contributed by atoms with Crippen LogP contribution in [0.4, 0.5) is 0 Å². The lowest BCUT2D eigenvalue weighted by Gasteiger charge is -2.37. The van der Waals surface area contributed by atoms with Crippen LogP contribution in [-0.2, 0) is 32.7 Å².